The Bertz CT molecular complexity index is 376. The number of hydrogen-bond acceptors (Lipinski definition) is 3. The van der Waals surface area contributed by atoms with Gasteiger partial charge < -0.3 is 10.2 Å². The van der Waals surface area contributed by atoms with Crippen molar-refractivity contribution in [1.82, 2.24) is 0 Å². The van der Waals surface area contributed by atoms with E-state index in [0.717, 1.165) is 13.0 Å². The van der Waals surface area contributed by atoms with Crippen molar-refractivity contribution >= 4 is 11.8 Å². The van der Waals surface area contributed by atoms with Gasteiger partial charge in [-0.25, -0.2) is 9.18 Å². The summed E-state index contributed by atoms with van der Waals surface area (Å²) in [6, 6.07) is 1.45. The van der Waals surface area contributed by atoms with Gasteiger partial charge in [0.15, 0.2) is 5.78 Å². The molecule has 0 amide bonds. The quantitative estimate of drug-likeness (QED) is 0.705. The first kappa shape index (κ1) is 10.2. The first-order chi connectivity index (χ1) is 6.43. The van der Waals surface area contributed by atoms with Gasteiger partial charge >= 0.3 is 5.97 Å². The molecule has 0 radical (unpaired) electrons. The predicted molar refractivity (Wildman–Crippen MR) is 45.0 cm³/mol. The minimum absolute atomic E-state index is 0.331. The first-order valence-corrected chi connectivity index (χ1v) is 3.70. The van der Waals surface area contributed by atoms with Gasteiger partial charge in [-0.1, -0.05) is 0 Å². The number of aromatic carboxylic acids is 1. The van der Waals surface area contributed by atoms with Crippen LogP contribution in [0.2, 0.25) is 0 Å². The van der Waals surface area contributed by atoms with Crippen LogP contribution >= 0.6 is 0 Å². The summed E-state index contributed by atoms with van der Waals surface area (Å²) >= 11 is 0. The van der Waals surface area contributed by atoms with E-state index in [1.165, 1.54) is 0 Å². The third kappa shape index (κ3) is 1.71. The molecule has 0 aliphatic heterocycles. The molecule has 0 spiro atoms. The molecule has 0 saturated carbocycles. The fourth-order valence-corrected chi connectivity index (χ4v) is 1.03. The maximum absolute atomic E-state index is 12.8. The Morgan fingerprint density at radius 1 is 1.29 bits per heavy atom. The molecular weight excluding hydrogens is 191 g/mol. The molecule has 14 heavy (non-hydrogen) atoms. The van der Waals surface area contributed by atoms with Crippen LogP contribution in [0.1, 0.15) is 27.6 Å². The lowest BCUT2D eigenvalue weighted by Crippen LogP contribution is -2.03. The van der Waals surface area contributed by atoms with Gasteiger partial charge in [-0.15, -0.1) is 0 Å². The van der Waals surface area contributed by atoms with Crippen LogP contribution in [0.3, 0.4) is 0 Å². The topological polar surface area (TPSA) is 74.6 Å². The number of carboxylic acid groups (broad SMARTS) is 1. The molecule has 0 aromatic heterocycles. The Kier molecular flexibility index (Phi) is 2.51. The summed E-state index contributed by atoms with van der Waals surface area (Å²) in [6.07, 6.45) is 0. The van der Waals surface area contributed by atoms with Crippen molar-refractivity contribution in [2.75, 3.05) is 0 Å². The van der Waals surface area contributed by atoms with Crippen molar-refractivity contribution in [1.29, 1.82) is 0 Å². The van der Waals surface area contributed by atoms with Crippen LogP contribution in [0, 0.1) is 5.82 Å². The Labute approximate surface area is 78.6 Å². The van der Waals surface area contributed by atoms with Gasteiger partial charge in [0, 0.05) is 0 Å². The molecule has 0 bridgehead atoms. The fourth-order valence-electron chi connectivity index (χ4n) is 1.03. The molecule has 0 aliphatic rings. The average Bonchev–Trinajstić information content (AvgIpc) is 2.07. The largest absolute Gasteiger partial charge is 0.506 e. The van der Waals surface area contributed by atoms with Gasteiger partial charge in [-0.2, -0.15) is 0 Å². The van der Waals surface area contributed by atoms with Crippen LogP contribution in [0.25, 0.3) is 0 Å². The summed E-state index contributed by atoms with van der Waals surface area (Å²) < 4.78 is 12.8. The van der Waals surface area contributed by atoms with Crippen molar-refractivity contribution in [2.24, 2.45) is 0 Å². The van der Waals surface area contributed by atoms with Crippen LogP contribution in [0.4, 0.5) is 4.39 Å². The minimum atomic E-state index is -1.48. The van der Waals surface area contributed by atoms with E-state index in [0.29, 0.717) is 6.07 Å². The minimum Gasteiger partial charge on any atom is -0.506 e. The second kappa shape index (κ2) is 3.45. The summed E-state index contributed by atoms with van der Waals surface area (Å²) in [6.45, 7) is 1.11. The summed E-state index contributed by atoms with van der Waals surface area (Å²) in [5.74, 6) is -3.65. The van der Waals surface area contributed by atoms with Crippen molar-refractivity contribution in [2.45, 2.75) is 6.92 Å². The molecule has 4 nitrogen and oxygen atoms in total. The number of ketones is 1. The highest BCUT2D eigenvalue weighted by molar-refractivity contribution is 6.01. The lowest BCUT2D eigenvalue weighted by atomic mass is 10.1. The molecule has 0 saturated heterocycles. The molecule has 5 heteroatoms. The van der Waals surface area contributed by atoms with Crippen LogP contribution < -0.4 is 0 Å². The Hall–Kier alpha value is -1.91. The number of aromatic hydroxyl groups is 1. The summed E-state index contributed by atoms with van der Waals surface area (Å²) in [4.78, 5) is 21.4. The number of hydrogen-bond donors (Lipinski definition) is 2. The Balaban J connectivity index is 3.47. The zero-order valence-electron chi connectivity index (χ0n) is 7.24. The molecule has 0 fully saturated rings. The summed E-state index contributed by atoms with van der Waals surface area (Å²) in [7, 11) is 0. The molecular formula is C9H7FO4. The third-order valence-electron chi connectivity index (χ3n) is 1.68. The molecule has 1 rings (SSSR count). The predicted octanol–water partition coefficient (Wildman–Crippen LogP) is 1.43. The highest BCUT2D eigenvalue weighted by Gasteiger charge is 2.17. The van der Waals surface area contributed by atoms with Crippen LogP contribution in [0.5, 0.6) is 5.75 Å². The number of halogens is 1. The highest BCUT2D eigenvalue weighted by Crippen LogP contribution is 2.24. The van der Waals surface area contributed by atoms with Crippen molar-refractivity contribution < 1.29 is 24.2 Å². The van der Waals surface area contributed by atoms with Crippen LogP contribution in [-0.4, -0.2) is 22.0 Å². The second-order valence-corrected chi connectivity index (χ2v) is 2.71. The van der Waals surface area contributed by atoms with E-state index >= 15 is 0 Å². The van der Waals surface area contributed by atoms with E-state index < -0.39 is 28.9 Å². The molecule has 74 valence electrons. The molecule has 0 atom stereocenters. The molecule has 0 heterocycles. The normalized spacial score (nSPS) is 9.86. The summed E-state index contributed by atoms with van der Waals surface area (Å²) in [5.41, 5.74) is -0.947. The fraction of sp³-hybridized carbons (Fsp3) is 0.111. The van der Waals surface area contributed by atoms with E-state index in [9.17, 15) is 19.1 Å². The molecule has 0 aliphatic carbocycles. The van der Waals surface area contributed by atoms with E-state index in [1.807, 2.05) is 0 Å². The Morgan fingerprint density at radius 2 is 1.79 bits per heavy atom. The monoisotopic (exact) mass is 198 g/mol. The van der Waals surface area contributed by atoms with Gasteiger partial charge in [0.1, 0.15) is 17.1 Å². The molecule has 1 aromatic carbocycles. The van der Waals surface area contributed by atoms with Crippen molar-refractivity contribution in [3.63, 3.8) is 0 Å². The van der Waals surface area contributed by atoms with Gasteiger partial charge in [0.25, 0.3) is 0 Å². The highest BCUT2D eigenvalue weighted by atomic mass is 19.1. The number of carboxylic acids is 1. The van der Waals surface area contributed by atoms with E-state index in [2.05, 4.69) is 0 Å². The lowest BCUT2D eigenvalue weighted by Gasteiger charge is -2.04. The summed E-state index contributed by atoms with van der Waals surface area (Å²) in [5, 5.41) is 17.8. The number of carbonyl (C=O) groups excluding carboxylic acids is 1. The number of carbonyl (C=O) groups is 2. The zero-order valence-corrected chi connectivity index (χ0v) is 7.24. The van der Waals surface area contributed by atoms with Crippen LogP contribution in [-0.2, 0) is 0 Å². The van der Waals surface area contributed by atoms with Gasteiger partial charge in [-0.3, -0.25) is 4.79 Å². The molecule has 1 aromatic rings. The van der Waals surface area contributed by atoms with Crippen LogP contribution in [0.15, 0.2) is 12.1 Å². The number of benzene rings is 1. The first-order valence-electron chi connectivity index (χ1n) is 3.70. The number of phenols is 1. The van der Waals surface area contributed by atoms with Crippen molar-refractivity contribution in [3.05, 3.63) is 29.1 Å². The maximum atomic E-state index is 12.8. The molecule has 2 N–H and O–H groups in total. The molecule has 0 unspecified atom stereocenters. The van der Waals surface area contributed by atoms with Gasteiger partial charge in [0.2, 0.25) is 0 Å². The standard InChI is InChI=1S/C9H7FO4/c1-4(11)6-2-5(10)3-7(8(6)12)9(13)14/h2-3,12H,1H3,(H,13,14). The van der Waals surface area contributed by atoms with Crippen molar-refractivity contribution in [3.8, 4) is 5.75 Å². The Morgan fingerprint density at radius 3 is 2.21 bits per heavy atom. The zero-order chi connectivity index (χ0) is 10.9. The van der Waals surface area contributed by atoms with E-state index in [-0.39, 0.29) is 5.56 Å². The third-order valence-corrected chi connectivity index (χ3v) is 1.68. The smallest absolute Gasteiger partial charge is 0.339 e. The SMILES string of the molecule is CC(=O)c1cc(F)cc(C(=O)O)c1O. The number of rotatable bonds is 2. The van der Waals surface area contributed by atoms with Gasteiger partial charge in [-0.05, 0) is 19.1 Å². The van der Waals surface area contributed by atoms with E-state index in [4.69, 9.17) is 5.11 Å². The number of Topliss-reactive ketones (excluding diaryl/α,β-unsaturated/α-hetero) is 1. The second-order valence-electron chi connectivity index (χ2n) is 2.71. The lowest BCUT2D eigenvalue weighted by molar-refractivity contribution is 0.0693. The van der Waals surface area contributed by atoms with Gasteiger partial charge in [0.05, 0.1) is 5.56 Å². The average molecular weight is 198 g/mol. The maximum Gasteiger partial charge on any atom is 0.339 e. The van der Waals surface area contributed by atoms with E-state index in [1.54, 1.807) is 0 Å².